The third-order valence-electron chi connectivity index (χ3n) is 4.61. The number of nitrogens with zero attached hydrogens (tertiary/aromatic N) is 1. The SMILES string of the molecule is CN(Cc1cccc(Cl)c1)C(=O)C(O)CCOc1cccc(CCNC(=O)OC(C)(C)C)c1. The van der Waals surface area contributed by atoms with Gasteiger partial charge in [-0.25, -0.2) is 4.79 Å². The van der Waals surface area contributed by atoms with Crippen molar-refractivity contribution in [2.45, 2.75) is 51.9 Å². The van der Waals surface area contributed by atoms with Crippen LogP contribution in [0.1, 0.15) is 38.3 Å². The van der Waals surface area contributed by atoms with Crippen LogP contribution in [0, 0.1) is 0 Å². The number of ether oxygens (including phenoxy) is 2. The standard InChI is InChI=1S/C25H33ClN2O5/c1-25(2,3)33-24(31)27-13-11-18-7-6-10-21(16-18)32-14-12-22(29)23(30)28(4)17-19-8-5-9-20(26)15-19/h5-10,15-16,22,29H,11-14,17H2,1-4H3,(H,27,31). The number of rotatable bonds is 10. The maximum atomic E-state index is 12.4. The molecule has 0 fully saturated rings. The molecular weight excluding hydrogens is 444 g/mol. The lowest BCUT2D eigenvalue weighted by Gasteiger charge is -2.21. The van der Waals surface area contributed by atoms with Crippen molar-refractivity contribution >= 4 is 23.6 Å². The third-order valence-corrected chi connectivity index (χ3v) is 4.85. The number of carbonyl (C=O) groups excluding carboxylic acids is 2. The van der Waals surface area contributed by atoms with E-state index in [1.165, 1.54) is 4.90 Å². The first-order valence-electron chi connectivity index (χ1n) is 10.9. The fourth-order valence-electron chi connectivity index (χ4n) is 3.07. The van der Waals surface area contributed by atoms with Crippen molar-refractivity contribution in [3.8, 4) is 5.75 Å². The van der Waals surface area contributed by atoms with Crippen molar-refractivity contribution in [2.75, 3.05) is 20.2 Å². The minimum absolute atomic E-state index is 0.170. The van der Waals surface area contributed by atoms with Gasteiger partial charge in [-0.05, 0) is 62.6 Å². The van der Waals surface area contributed by atoms with Crippen LogP contribution in [0.2, 0.25) is 5.02 Å². The fraction of sp³-hybridized carbons (Fsp3) is 0.440. The van der Waals surface area contributed by atoms with E-state index in [0.29, 0.717) is 30.3 Å². The molecule has 180 valence electrons. The monoisotopic (exact) mass is 476 g/mol. The Morgan fingerprint density at radius 3 is 2.52 bits per heavy atom. The van der Waals surface area contributed by atoms with Crippen molar-refractivity contribution in [2.24, 2.45) is 0 Å². The van der Waals surface area contributed by atoms with E-state index in [2.05, 4.69) is 5.32 Å². The molecular formula is C25H33ClN2O5. The zero-order chi connectivity index (χ0) is 24.4. The number of nitrogens with one attached hydrogen (secondary N) is 1. The fourth-order valence-corrected chi connectivity index (χ4v) is 3.28. The van der Waals surface area contributed by atoms with Crippen LogP contribution >= 0.6 is 11.6 Å². The summed E-state index contributed by atoms with van der Waals surface area (Å²) in [5.74, 6) is 0.261. The topological polar surface area (TPSA) is 88.1 Å². The van der Waals surface area contributed by atoms with Crippen molar-refractivity contribution < 1.29 is 24.2 Å². The summed E-state index contributed by atoms with van der Waals surface area (Å²) in [6.45, 7) is 6.43. The number of aliphatic hydroxyl groups excluding tert-OH is 1. The molecule has 1 atom stereocenters. The Labute approximate surface area is 200 Å². The van der Waals surface area contributed by atoms with E-state index < -0.39 is 17.8 Å². The van der Waals surface area contributed by atoms with Crippen LogP contribution < -0.4 is 10.1 Å². The summed E-state index contributed by atoms with van der Waals surface area (Å²) in [6, 6.07) is 14.7. The lowest BCUT2D eigenvalue weighted by molar-refractivity contribution is -0.140. The van der Waals surface area contributed by atoms with E-state index in [1.807, 2.05) is 57.2 Å². The smallest absolute Gasteiger partial charge is 0.407 e. The van der Waals surface area contributed by atoms with Gasteiger partial charge in [-0.1, -0.05) is 35.9 Å². The summed E-state index contributed by atoms with van der Waals surface area (Å²) in [6.07, 6.45) is -0.820. The summed E-state index contributed by atoms with van der Waals surface area (Å²) in [5.41, 5.74) is 1.34. The van der Waals surface area contributed by atoms with Gasteiger partial charge in [0.25, 0.3) is 5.91 Å². The van der Waals surface area contributed by atoms with Crippen LogP contribution in [0.3, 0.4) is 0 Å². The second-order valence-electron chi connectivity index (χ2n) is 8.80. The number of alkyl carbamates (subject to hydrolysis) is 1. The predicted molar refractivity (Wildman–Crippen MR) is 128 cm³/mol. The second-order valence-corrected chi connectivity index (χ2v) is 9.24. The van der Waals surface area contributed by atoms with Crippen molar-refractivity contribution in [3.63, 3.8) is 0 Å². The van der Waals surface area contributed by atoms with E-state index in [4.69, 9.17) is 21.1 Å². The van der Waals surface area contributed by atoms with E-state index in [-0.39, 0.29) is 18.9 Å². The van der Waals surface area contributed by atoms with Gasteiger partial charge in [0.2, 0.25) is 0 Å². The summed E-state index contributed by atoms with van der Waals surface area (Å²) in [5, 5.41) is 13.6. The van der Waals surface area contributed by atoms with Gasteiger partial charge in [-0.15, -0.1) is 0 Å². The zero-order valence-corrected chi connectivity index (χ0v) is 20.4. The third kappa shape index (κ3) is 10.1. The molecule has 8 heteroatoms. The number of benzene rings is 2. The van der Waals surface area contributed by atoms with Crippen LogP contribution in [0.5, 0.6) is 5.75 Å². The van der Waals surface area contributed by atoms with Gasteiger partial charge in [-0.2, -0.15) is 0 Å². The quantitative estimate of drug-likeness (QED) is 0.536. The number of halogens is 1. The lowest BCUT2D eigenvalue weighted by atomic mass is 10.1. The molecule has 7 nitrogen and oxygen atoms in total. The molecule has 0 aliphatic heterocycles. The van der Waals surface area contributed by atoms with E-state index in [0.717, 1.165) is 11.1 Å². The predicted octanol–water partition coefficient (Wildman–Crippen LogP) is 4.20. The van der Waals surface area contributed by atoms with Gasteiger partial charge < -0.3 is 24.8 Å². The van der Waals surface area contributed by atoms with Crippen LogP contribution in [0.15, 0.2) is 48.5 Å². The number of carbonyl (C=O) groups is 2. The molecule has 0 aliphatic rings. The normalized spacial score (nSPS) is 12.1. The average molecular weight is 477 g/mol. The van der Waals surface area contributed by atoms with Gasteiger partial charge in [0.15, 0.2) is 0 Å². The van der Waals surface area contributed by atoms with Crippen LogP contribution in [0.4, 0.5) is 4.79 Å². The number of amides is 2. The number of hydrogen-bond donors (Lipinski definition) is 2. The van der Waals surface area contributed by atoms with Crippen molar-refractivity contribution in [1.82, 2.24) is 10.2 Å². The molecule has 0 saturated heterocycles. The molecule has 2 aromatic rings. The Morgan fingerprint density at radius 1 is 1.12 bits per heavy atom. The van der Waals surface area contributed by atoms with E-state index in [9.17, 15) is 14.7 Å². The number of hydrogen-bond acceptors (Lipinski definition) is 5. The Hall–Kier alpha value is -2.77. The summed E-state index contributed by atoms with van der Waals surface area (Å²) < 4.78 is 10.9. The first-order chi connectivity index (χ1) is 15.5. The summed E-state index contributed by atoms with van der Waals surface area (Å²) in [4.78, 5) is 25.6. The maximum Gasteiger partial charge on any atom is 0.407 e. The first-order valence-corrected chi connectivity index (χ1v) is 11.3. The highest BCUT2D eigenvalue weighted by atomic mass is 35.5. The molecule has 2 amide bonds. The number of aliphatic hydroxyl groups is 1. The second kappa shape index (κ2) is 12.5. The lowest BCUT2D eigenvalue weighted by Crippen LogP contribution is -2.36. The van der Waals surface area contributed by atoms with Gasteiger partial charge >= 0.3 is 6.09 Å². The van der Waals surface area contributed by atoms with E-state index in [1.54, 1.807) is 19.2 Å². The first kappa shape index (κ1) is 26.5. The molecule has 0 bridgehead atoms. The van der Waals surface area contributed by atoms with E-state index >= 15 is 0 Å². The Bertz CT molecular complexity index is 929. The molecule has 2 N–H and O–H groups in total. The molecule has 2 rings (SSSR count). The Balaban J connectivity index is 1.74. The highest BCUT2D eigenvalue weighted by molar-refractivity contribution is 6.30. The van der Waals surface area contributed by atoms with Gasteiger partial charge in [0.05, 0.1) is 6.61 Å². The van der Waals surface area contributed by atoms with Crippen molar-refractivity contribution in [1.29, 1.82) is 0 Å². The summed E-state index contributed by atoms with van der Waals surface area (Å²) >= 11 is 5.98. The average Bonchev–Trinajstić information content (AvgIpc) is 2.72. The molecule has 0 saturated carbocycles. The van der Waals surface area contributed by atoms with Gasteiger partial charge in [0, 0.05) is 31.6 Å². The van der Waals surface area contributed by atoms with Crippen molar-refractivity contribution in [3.05, 3.63) is 64.7 Å². The van der Waals surface area contributed by atoms with Crippen LogP contribution in [0.25, 0.3) is 0 Å². The molecule has 0 aromatic heterocycles. The van der Waals surface area contributed by atoms with Crippen LogP contribution in [-0.4, -0.2) is 53.9 Å². The highest BCUT2D eigenvalue weighted by Crippen LogP contribution is 2.16. The maximum absolute atomic E-state index is 12.4. The Morgan fingerprint density at radius 2 is 1.82 bits per heavy atom. The van der Waals surface area contributed by atoms with Crippen LogP contribution in [-0.2, 0) is 22.5 Å². The minimum Gasteiger partial charge on any atom is -0.493 e. The number of likely N-dealkylation sites (N-methyl/N-ethyl adjacent to an activating group) is 1. The molecule has 0 radical (unpaired) electrons. The zero-order valence-electron chi connectivity index (χ0n) is 19.6. The molecule has 33 heavy (non-hydrogen) atoms. The highest BCUT2D eigenvalue weighted by Gasteiger charge is 2.20. The van der Waals surface area contributed by atoms with Gasteiger partial charge in [0.1, 0.15) is 17.5 Å². The Kier molecular flexibility index (Phi) is 10.0. The largest absolute Gasteiger partial charge is 0.493 e. The molecule has 1 unspecified atom stereocenters. The minimum atomic E-state index is -1.16. The molecule has 0 aliphatic carbocycles. The summed E-state index contributed by atoms with van der Waals surface area (Å²) in [7, 11) is 1.64. The molecule has 0 heterocycles. The molecule has 2 aromatic carbocycles. The van der Waals surface area contributed by atoms with Gasteiger partial charge in [-0.3, -0.25) is 4.79 Å². The molecule has 0 spiro atoms.